The van der Waals surface area contributed by atoms with Crippen LogP contribution in [0, 0.1) is 0 Å². The molecule has 106 valence electrons. The largest absolute Gasteiger partial charge is 0.456 e. The Hall–Kier alpha value is -1.55. The average Bonchev–Trinajstić information content (AvgIpc) is 2.43. The maximum absolute atomic E-state index is 9.07. The highest BCUT2D eigenvalue weighted by molar-refractivity contribution is 6.32. The third-order valence-electron chi connectivity index (χ3n) is 3.06. The van der Waals surface area contributed by atoms with Gasteiger partial charge in [0.1, 0.15) is 11.5 Å². The summed E-state index contributed by atoms with van der Waals surface area (Å²) in [5, 5.41) is 9.59. The Bertz CT molecular complexity index is 584. The maximum Gasteiger partial charge on any atom is 0.146 e. The average molecular weight is 292 g/mol. The van der Waals surface area contributed by atoms with E-state index < -0.39 is 0 Å². The van der Waals surface area contributed by atoms with E-state index in [9.17, 15) is 0 Å². The molecule has 0 unspecified atom stereocenters. The van der Waals surface area contributed by atoms with Crippen molar-refractivity contribution >= 4 is 11.6 Å². The first-order valence-corrected chi connectivity index (χ1v) is 6.91. The van der Waals surface area contributed by atoms with Crippen molar-refractivity contribution in [2.45, 2.75) is 19.4 Å². The van der Waals surface area contributed by atoms with Gasteiger partial charge in [-0.1, -0.05) is 35.9 Å². The van der Waals surface area contributed by atoms with Crippen molar-refractivity contribution in [2.75, 3.05) is 6.61 Å². The molecule has 0 fully saturated rings. The SMILES string of the molecule is C[C@@H](N)c1ccc(Oc2ccccc2CCO)c(Cl)c1. The molecule has 2 aromatic rings. The number of ether oxygens (including phenoxy) is 1. The van der Waals surface area contributed by atoms with Crippen LogP contribution in [-0.4, -0.2) is 11.7 Å². The number of halogens is 1. The van der Waals surface area contributed by atoms with E-state index in [2.05, 4.69) is 0 Å². The van der Waals surface area contributed by atoms with Crippen molar-refractivity contribution in [3.8, 4) is 11.5 Å². The van der Waals surface area contributed by atoms with Crippen LogP contribution >= 0.6 is 11.6 Å². The van der Waals surface area contributed by atoms with Crippen LogP contribution in [0.25, 0.3) is 0 Å². The number of para-hydroxylation sites is 1. The lowest BCUT2D eigenvalue weighted by Crippen LogP contribution is -2.04. The van der Waals surface area contributed by atoms with Gasteiger partial charge in [0.05, 0.1) is 5.02 Å². The first-order valence-electron chi connectivity index (χ1n) is 6.53. The molecule has 0 amide bonds. The molecule has 0 aliphatic heterocycles. The molecule has 2 aromatic carbocycles. The van der Waals surface area contributed by atoms with E-state index in [0.29, 0.717) is 22.9 Å². The smallest absolute Gasteiger partial charge is 0.146 e. The molecule has 0 spiro atoms. The van der Waals surface area contributed by atoms with E-state index in [4.69, 9.17) is 27.2 Å². The number of benzene rings is 2. The second-order valence-electron chi connectivity index (χ2n) is 4.66. The van der Waals surface area contributed by atoms with Gasteiger partial charge in [-0.3, -0.25) is 0 Å². The van der Waals surface area contributed by atoms with Crippen molar-refractivity contribution in [1.82, 2.24) is 0 Å². The van der Waals surface area contributed by atoms with Crippen molar-refractivity contribution in [1.29, 1.82) is 0 Å². The lowest BCUT2D eigenvalue weighted by Gasteiger charge is -2.13. The van der Waals surface area contributed by atoms with Crippen LogP contribution in [0.15, 0.2) is 42.5 Å². The number of hydrogen-bond acceptors (Lipinski definition) is 3. The lowest BCUT2D eigenvalue weighted by molar-refractivity contribution is 0.298. The first-order chi connectivity index (χ1) is 9.61. The summed E-state index contributed by atoms with van der Waals surface area (Å²) in [6.07, 6.45) is 0.547. The molecule has 0 aromatic heterocycles. The molecule has 0 saturated heterocycles. The summed E-state index contributed by atoms with van der Waals surface area (Å²) in [4.78, 5) is 0. The zero-order chi connectivity index (χ0) is 14.5. The van der Waals surface area contributed by atoms with Gasteiger partial charge >= 0.3 is 0 Å². The molecule has 0 radical (unpaired) electrons. The second-order valence-corrected chi connectivity index (χ2v) is 5.07. The van der Waals surface area contributed by atoms with Gasteiger partial charge in [-0.2, -0.15) is 0 Å². The molecule has 0 bridgehead atoms. The van der Waals surface area contributed by atoms with Gasteiger partial charge in [0.25, 0.3) is 0 Å². The zero-order valence-corrected chi connectivity index (χ0v) is 12.1. The number of hydrogen-bond donors (Lipinski definition) is 2. The number of nitrogens with two attached hydrogens (primary N) is 1. The lowest BCUT2D eigenvalue weighted by atomic mass is 10.1. The Labute approximate surface area is 123 Å². The monoisotopic (exact) mass is 291 g/mol. The molecule has 1 atom stereocenters. The summed E-state index contributed by atoms with van der Waals surface area (Å²) in [6, 6.07) is 13.1. The summed E-state index contributed by atoms with van der Waals surface area (Å²) in [7, 11) is 0. The first kappa shape index (κ1) is 14.9. The Morgan fingerprint density at radius 1 is 1.20 bits per heavy atom. The van der Waals surface area contributed by atoms with E-state index in [1.807, 2.05) is 49.4 Å². The van der Waals surface area contributed by atoms with E-state index >= 15 is 0 Å². The molecule has 20 heavy (non-hydrogen) atoms. The van der Waals surface area contributed by atoms with Crippen LogP contribution in [0.2, 0.25) is 5.02 Å². The summed E-state index contributed by atoms with van der Waals surface area (Å²) in [5.74, 6) is 1.29. The van der Waals surface area contributed by atoms with Crippen molar-refractivity contribution in [3.05, 3.63) is 58.6 Å². The van der Waals surface area contributed by atoms with Crippen LogP contribution in [0.1, 0.15) is 24.1 Å². The highest BCUT2D eigenvalue weighted by atomic mass is 35.5. The highest BCUT2D eigenvalue weighted by Crippen LogP contribution is 2.33. The quantitative estimate of drug-likeness (QED) is 0.883. The van der Waals surface area contributed by atoms with Crippen LogP contribution in [-0.2, 0) is 6.42 Å². The summed E-state index contributed by atoms with van der Waals surface area (Å²) in [6.45, 7) is 1.99. The molecular formula is C16H18ClNO2. The minimum atomic E-state index is -0.0665. The fourth-order valence-corrected chi connectivity index (χ4v) is 2.16. The highest BCUT2D eigenvalue weighted by Gasteiger charge is 2.09. The predicted molar refractivity (Wildman–Crippen MR) is 81.4 cm³/mol. The maximum atomic E-state index is 9.07. The van der Waals surface area contributed by atoms with Gasteiger partial charge in [-0.25, -0.2) is 0 Å². The van der Waals surface area contributed by atoms with E-state index in [0.717, 1.165) is 11.1 Å². The van der Waals surface area contributed by atoms with Gasteiger partial charge in [-0.05, 0) is 42.7 Å². The van der Waals surface area contributed by atoms with E-state index in [-0.39, 0.29) is 12.6 Å². The van der Waals surface area contributed by atoms with Crippen LogP contribution in [0.5, 0.6) is 11.5 Å². The Morgan fingerprint density at radius 2 is 1.95 bits per heavy atom. The Morgan fingerprint density at radius 3 is 2.60 bits per heavy atom. The number of aliphatic hydroxyl groups excluding tert-OH is 1. The van der Waals surface area contributed by atoms with E-state index in [1.165, 1.54) is 0 Å². The van der Waals surface area contributed by atoms with Crippen LogP contribution < -0.4 is 10.5 Å². The van der Waals surface area contributed by atoms with Gasteiger partial charge in [0.15, 0.2) is 0 Å². The van der Waals surface area contributed by atoms with Crippen LogP contribution in [0.3, 0.4) is 0 Å². The molecule has 0 aliphatic carbocycles. The molecular weight excluding hydrogens is 274 g/mol. The molecule has 3 N–H and O–H groups in total. The standard InChI is InChI=1S/C16H18ClNO2/c1-11(18)13-6-7-16(14(17)10-13)20-15-5-3-2-4-12(15)8-9-19/h2-7,10-11,19H,8-9,18H2,1H3/t11-/m1/s1. The molecule has 3 nitrogen and oxygen atoms in total. The normalized spacial score (nSPS) is 12.2. The Balaban J connectivity index is 2.26. The van der Waals surface area contributed by atoms with Gasteiger partial charge < -0.3 is 15.6 Å². The topological polar surface area (TPSA) is 55.5 Å². The molecule has 0 aliphatic rings. The van der Waals surface area contributed by atoms with Crippen LogP contribution in [0.4, 0.5) is 0 Å². The summed E-state index contributed by atoms with van der Waals surface area (Å²) < 4.78 is 5.84. The third kappa shape index (κ3) is 3.51. The predicted octanol–water partition coefficient (Wildman–Crippen LogP) is 3.69. The zero-order valence-electron chi connectivity index (χ0n) is 11.3. The molecule has 0 heterocycles. The summed E-state index contributed by atoms with van der Waals surface area (Å²) >= 11 is 6.22. The second kappa shape index (κ2) is 6.75. The van der Waals surface area contributed by atoms with Crippen molar-refractivity contribution < 1.29 is 9.84 Å². The Kier molecular flexibility index (Phi) is 5.01. The van der Waals surface area contributed by atoms with Crippen molar-refractivity contribution in [2.24, 2.45) is 5.73 Å². The minimum Gasteiger partial charge on any atom is -0.456 e. The van der Waals surface area contributed by atoms with Gasteiger partial charge in [-0.15, -0.1) is 0 Å². The number of aliphatic hydroxyl groups is 1. The fourth-order valence-electron chi connectivity index (χ4n) is 1.93. The fraction of sp³-hybridized carbons (Fsp3) is 0.250. The minimum absolute atomic E-state index is 0.0665. The molecule has 4 heteroatoms. The third-order valence-corrected chi connectivity index (χ3v) is 3.35. The van der Waals surface area contributed by atoms with Crippen molar-refractivity contribution in [3.63, 3.8) is 0 Å². The van der Waals surface area contributed by atoms with Gasteiger partial charge in [0.2, 0.25) is 0 Å². The van der Waals surface area contributed by atoms with E-state index in [1.54, 1.807) is 0 Å². The molecule has 0 saturated carbocycles. The molecule has 2 rings (SSSR count). The summed E-state index contributed by atoms with van der Waals surface area (Å²) in [5.41, 5.74) is 7.73. The number of rotatable bonds is 5. The van der Waals surface area contributed by atoms with Gasteiger partial charge in [0, 0.05) is 12.6 Å².